The van der Waals surface area contributed by atoms with E-state index in [0.717, 1.165) is 52.1 Å². The second-order valence-corrected chi connectivity index (χ2v) is 7.64. The first kappa shape index (κ1) is 20.3. The standard InChI is InChI=1S/C20H33N3OS/c1-4-22(13-5-6-20(24)23-14-11-21-12-15-23)17(2)16-18-7-9-19(25-3)10-8-18/h7-10,17,21H,4-6,11-16H2,1-3H3. The summed E-state index contributed by atoms with van der Waals surface area (Å²) in [6.07, 6.45) is 4.80. The molecule has 0 aliphatic carbocycles. The zero-order valence-corrected chi connectivity index (χ0v) is 16.8. The van der Waals surface area contributed by atoms with Crippen LogP contribution in [0.3, 0.4) is 0 Å². The van der Waals surface area contributed by atoms with Crippen LogP contribution in [0.1, 0.15) is 32.3 Å². The normalized spacial score (nSPS) is 16.2. The maximum absolute atomic E-state index is 12.3. The van der Waals surface area contributed by atoms with Gasteiger partial charge >= 0.3 is 0 Å². The van der Waals surface area contributed by atoms with Gasteiger partial charge in [-0.05, 0) is 56.8 Å². The molecule has 0 bridgehead atoms. The molecule has 1 heterocycles. The van der Waals surface area contributed by atoms with Crippen LogP contribution in [0, 0.1) is 0 Å². The van der Waals surface area contributed by atoms with E-state index in [1.54, 1.807) is 11.8 Å². The molecule has 1 amide bonds. The van der Waals surface area contributed by atoms with Crippen LogP contribution in [-0.4, -0.2) is 67.3 Å². The molecule has 140 valence electrons. The molecule has 0 spiro atoms. The van der Waals surface area contributed by atoms with E-state index >= 15 is 0 Å². The lowest BCUT2D eigenvalue weighted by molar-refractivity contribution is -0.131. The van der Waals surface area contributed by atoms with Crippen LogP contribution >= 0.6 is 11.8 Å². The Kier molecular flexibility index (Phi) is 8.79. The van der Waals surface area contributed by atoms with E-state index in [0.29, 0.717) is 18.4 Å². The Morgan fingerprint density at radius 1 is 1.28 bits per heavy atom. The van der Waals surface area contributed by atoms with Crippen molar-refractivity contribution in [2.24, 2.45) is 0 Å². The summed E-state index contributed by atoms with van der Waals surface area (Å²) >= 11 is 1.78. The second-order valence-electron chi connectivity index (χ2n) is 6.76. The molecular weight excluding hydrogens is 330 g/mol. The van der Waals surface area contributed by atoms with Gasteiger partial charge in [-0.2, -0.15) is 0 Å². The van der Waals surface area contributed by atoms with Crippen molar-refractivity contribution in [1.29, 1.82) is 0 Å². The molecule has 0 radical (unpaired) electrons. The van der Waals surface area contributed by atoms with Crippen molar-refractivity contribution >= 4 is 17.7 Å². The number of carbonyl (C=O) groups excluding carboxylic acids is 1. The van der Waals surface area contributed by atoms with Gasteiger partial charge in [0.05, 0.1) is 0 Å². The van der Waals surface area contributed by atoms with Gasteiger partial charge in [-0.15, -0.1) is 11.8 Å². The Labute approximate surface area is 157 Å². The van der Waals surface area contributed by atoms with Crippen LogP contribution in [0.2, 0.25) is 0 Å². The van der Waals surface area contributed by atoms with E-state index in [4.69, 9.17) is 0 Å². The number of amides is 1. The zero-order chi connectivity index (χ0) is 18.1. The topological polar surface area (TPSA) is 35.6 Å². The van der Waals surface area contributed by atoms with Crippen molar-refractivity contribution < 1.29 is 4.79 Å². The molecule has 1 aromatic carbocycles. The van der Waals surface area contributed by atoms with Crippen LogP contribution in [0.4, 0.5) is 0 Å². The molecule has 1 atom stereocenters. The highest BCUT2D eigenvalue weighted by atomic mass is 32.2. The number of nitrogens with zero attached hydrogens (tertiary/aromatic N) is 2. The number of hydrogen-bond acceptors (Lipinski definition) is 4. The minimum Gasteiger partial charge on any atom is -0.340 e. The summed E-state index contributed by atoms with van der Waals surface area (Å²) in [5.74, 6) is 0.317. The van der Waals surface area contributed by atoms with Crippen molar-refractivity contribution in [3.8, 4) is 0 Å². The monoisotopic (exact) mass is 363 g/mol. The van der Waals surface area contributed by atoms with Gasteiger partial charge in [-0.3, -0.25) is 4.79 Å². The lowest BCUT2D eigenvalue weighted by Gasteiger charge is -2.30. The Bertz CT molecular complexity index is 514. The largest absolute Gasteiger partial charge is 0.340 e. The Balaban J connectivity index is 1.74. The number of piperazine rings is 1. The Hall–Kier alpha value is -1.04. The molecule has 1 saturated heterocycles. The van der Waals surface area contributed by atoms with Crippen molar-refractivity contribution in [1.82, 2.24) is 15.1 Å². The number of likely N-dealkylation sites (N-methyl/N-ethyl adjacent to an activating group) is 1. The number of benzene rings is 1. The van der Waals surface area contributed by atoms with Crippen LogP contribution in [0.25, 0.3) is 0 Å². The summed E-state index contributed by atoms with van der Waals surface area (Å²) in [6, 6.07) is 9.39. The van der Waals surface area contributed by atoms with Crippen molar-refractivity contribution in [2.75, 3.05) is 45.5 Å². The molecule has 1 aliphatic heterocycles. The summed E-state index contributed by atoms with van der Waals surface area (Å²) in [7, 11) is 0. The zero-order valence-electron chi connectivity index (χ0n) is 16.0. The van der Waals surface area contributed by atoms with E-state index in [9.17, 15) is 4.79 Å². The fourth-order valence-corrected chi connectivity index (χ4v) is 3.84. The molecule has 5 heteroatoms. The molecule has 4 nitrogen and oxygen atoms in total. The number of thioether (sulfide) groups is 1. The maximum Gasteiger partial charge on any atom is 0.222 e. The molecule has 0 aromatic heterocycles. The van der Waals surface area contributed by atoms with E-state index in [-0.39, 0.29) is 0 Å². The van der Waals surface area contributed by atoms with Gasteiger partial charge in [-0.25, -0.2) is 0 Å². The molecule has 1 N–H and O–H groups in total. The SMILES string of the molecule is CCN(CCCC(=O)N1CCNCC1)C(C)Cc1ccc(SC)cc1. The number of carbonyl (C=O) groups is 1. The summed E-state index contributed by atoms with van der Waals surface area (Å²) in [6.45, 7) is 10.1. The van der Waals surface area contributed by atoms with E-state index < -0.39 is 0 Å². The molecule has 1 unspecified atom stereocenters. The highest BCUT2D eigenvalue weighted by molar-refractivity contribution is 7.98. The predicted octanol–water partition coefficient (Wildman–Crippen LogP) is 2.87. The molecule has 0 saturated carbocycles. The molecule has 25 heavy (non-hydrogen) atoms. The van der Waals surface area contributed by atoms with Gasteiger partial charge in [0.2, 0.25) is 5.91 Å². The second kappa shape index (κ2) is 10.8. The third-order valence-electron chi connectivity index (χ3n) is 5.03. The fraction of sp³-hybridized carbons (Fsp3) is 0.650. The lowest BCUT2D eigenvalue weighted by Crippen LogP contribution is -2.46. The van der Waals surface area contributed by atoms with Gasteiger partial charge in [0, 0.05) is 43.5 Å². The van der Waals surface area contributed by atoms with Gasteiger partial charge in [0.15, 0.2) is 0 Å². The number of rotatable bonds is 9. The summed E-state index contributed by atoms with van der Waals surface area (Å²) < 4.78 is 0. The van der Waals surface area contributed by atoms with Crippen LogP contribution in [0.5, 0.6) is 0 Å². The van der Waals surface area contributed by atoms with E-state index in [2.05, 4.69) is 54.6 Å². The maximum atomic E-state index is 12.3. The highest BCUT2D eigenvalue weighted by Crippen LogP contribution is 2.17. The summed E-state index contributed by atoms with van der Waals surface area (Å²) in [5.41, 5.74) is 1.39. The van der Waals surface area contributed by atoms with Gasteiger partial charge in [0.1, 0.15) is 0 Å². The first-order chi connectivity index (χ1) is 12.1. The van der Waals surface area contributed by atoms with Crippen molar-refractivity contribution in [3.05, 3.63) is 29.8 Å². The molecular formula is C20H33N3OS. The molecule has 1 fully saturated rings. The van der Waals surface area contributed by atoms with Crippen molar-refractivity contribution in [2.45, 2.75) is 44.0 Å². The van der Waals surface area contributed by atoms with Gasteiger partial charge in [0.25, 0.3) is 0 Å². The quantitative estimate of drug-likeness (QED) is 0.685. The van der Waals surface area contributed by atoms with Gasteiger partial charge < -0.3 is 15.1 Å². The average Bonchev–Trinajstić information content (AvgIpc) is 2.66. The molecule has 1 aromatic rings. The summed E-state index contributed by atoms with van der Waals surface area (Å²) in [5, 5.41) is 3.29. The van der Waals surface area contributed by atoms with Crippen molar-refractivity contribution in [3.63, 3.8) is 0 Å². The first-order valence-electron chi connectivity index (χ1n) is 9.49. The molecule has 1 aliphatic rings. The van der Waals surface area contributed by atoms with E-state index in [1.807, 2.05) is 4.90 Å². The fourth-order valence-electron chi connectivity index (χ4n) is 3.43. The van der Waals surface area contributed by atoms with Gasteiger partial charge in [-0.1, -0.05) is 19.1 Å². The van der Waals surface area contributed by atoms with E-state index in [1.165, 1.54) is 10.5 Å². The third-order valence-corrected chi connectivity index (χ3v) is 5.77. The minimum atomic E-state index is 0.317. The first-order valence-corrected chi connectivity index (χ1v) is 10.7. The highest BCUT2D eigenvalue weighted by Gasteiger charge is 2.17. The predicted molar refractivity (Wildman–Crippen MR) is 107 cm³/mol. The summed E-state index contributed by atoms with van der Waals surface area (Å²) in [4.78, 5) is 18.1. The lowest BCUT2D eigenvalue weighted by atomic mass is 10.1. The third kappa shape index (κ3) is 6.65. The smallest absolute Gasteiger partial charge is 0.222 e. The van der Waals surface area contributed by atoms with Crippen LogP contribution in [0.15, 0.2) is 29.2 Å². The minimum absolute atomic E-state index is 0.317. The van der Waals surface area contributed by atoms with Crippen LogP contribution < -0.4 is 5.32 Å². The number of nitrogens with one attached hydrogen (secondary N) is 1. The average molecular weight is 364 g/mol. The van der Waals surface area contributed by atoms with Crippen LogP contribution in [-0.2, 0) is 11.2 Å². The number of hydrogen-bond donors (Lipinski definition) is 1. The molecule has 2 rings (SSSR count). The Morgan fingerprint density at radius 3 is 2.56 bits per heavy atom. The Morgan fingerprint density at radius 2 is 1.96 bits per heavy atom.